The maximum atomic E-state index is 11.7. The Morgan fingerprint density at radius 2 is 1.86 bits per heavy atom. The molecule has 0 bridgehead atoms. The molecule has 1 N–H and O–H groups in total. The quantitative estimate of drug-likeness (QED) is 0.622. The molecule has 0 aromatic rings. The summed E-state index contributed by atoms with van der Waals surface area (Å²) in [6, 6.07) is 0.591. The normalized spacial score (nSPS) is 25.1. The number of hydrogen-bond donors (Lipinski definition) is 1. The van der Waals surface area contributed by atoms with Crippen molar-refractivity contribution in [2.75, 3.05) is 39.3 Å². The third-order valence-corrected chi connectivity index (χ3v) is 4.31. The molecule has 1 amide bonds. The monoisotopic (exact) mass is 310 g/mol. The van der Waals surface area contributed by atoms with Crippen LogP contribution in [0.3, 0.4) is 0 Å². The third kappa shape index (κ3) is 4.52. The number of hydrogen-bond acceptors (Lipinski definition) is 3. The van der Waals surface area contributed by atoms with Crippen LogP contribution in [-0.2, 0) is 4.74 Å². The number of piperazine rings is 1. The number of rotatable bonds is 5. The molecule has 2 rings (SSSR count). The molecular weight excluding hydrogens is 280 g/mol. The van der Waals surface area contributed by atoms with Crippen LogP contribution < -0.4 is 5.32 Å². The molecule has 22 heavy (non-hydrogen) atoms. The van der Waals surface area contributed by atoms with Crippen LogP contribution in [0.1, 0.15) is 40.0 Å². The Balaban J connectivity index is 1.81. The van der Waals surface area contributed by atoms with Gasteiger partial charge in [0, 0.05) is 38.8 Å². The number of carbonyl (C=O) groups is 1. The average molecular weight is 310 g/mol. The fraction of sp³-hybridized carbons (Fsp3) is 0.875. The molecule has 1 heterocycles. The van der Waals surface area contributed by atoms with E-state index in [0.29, 0.717) is 25.7 Å². The first-order chi connectivity index (χ1) is 10.7. The van der Waals surface area contributed by atoms with E-state index in [-0.39, 0.29) is 6.09 Å². The highest BCUT2D eigenvalue weighted by atomic mass is 16.6. The largest absolute Gasteiger partial charge is 0.450 e. The summed E-state index contributed by atoms with van der Waals surface area (Å²) in [4.78, 5) is 20.4. The molecule has 1 aliphatic heterocycles. The summed E-state index contributed by atoms with van der Waals surface area (Å²) in [5.41, 5.74) is 0. The number of ether oxygens (including phenoxy) is 1. The first-order valence-electron chi connectivity index (χ1n) is 8.67. The fourth-order valence-corrected chi connectivity index (χ4v) is 2.98. The minimum Gasteiger partial charge on any atom is -0.450 e. The first kappa shape index (κ1) is 16.9. The van der Waals surface area contributed by atoms with Crippen molar-refractivity contribution in [2.45, 2.75) is 46.1 Å². The van der Waals surface area contributed by atoms with Crippen LogP contribution >= 0.6 is 0 Å². The van der Waals surface area contributed by atoms with Crippen molar-refractivity contribution in [1.82, 2.24) is 15.1 Å². The Labute approximate surface area is 133 Å². The van der Waals surface area contributed by atoms with Crippen molar-refractivity contribution in [2.24, 2.45) is 10.9 Å². The lowest BCUT2D eigenvalue weighted by atomic mass is 10.2. The molecule has 0 aromatic carbocycles. The van der Waals surface area contributed by atoms with Crippen molar-refractivity contribution in [3.05, 3.63) is 0 Å². The van der Waals surface area contributed by atoms with Crippen LogP contribution in [0.15, 0.2) is 4.99 Å². The molecular formula is C16H30N4O2. The zero-order valence-corrected chi connectivity index (χ0v) is 14.2. The van der Waals surface area contributed by atoms with E-state index >= 15 is 0 Å². The van der Waals surface area contributed by atoms with E-state index in [1.54, 1.807) is 4.90 Å². The average Bonchev–Trinajstić information content (AvgIpc) is 3.25. The molecule has 1 saturated carbocycles. The summed E-state index contributed by atoms with van der Waals surface area (Å²) in [5.74, 6) is 1.82. The van der Waals surface area contributed by atoms with Crippen LogP contribution in [-0.4, -0.2) is 67.2 Å². The second-order valence-corrected chi connectivity index (χ2v) is 6.01. The zero-order chi connectivity index (χ0) is 15.9. The Morgan fingerprint density at radius 1 is 1.18 bits per heavy atom. The number of nitrogens with zero attached hydrogens (tertiary/aromatic N) is 3. The smallest absolute Gasteiger partial charge is 0.409 e. The van der Waals surface area contributed by atoms with Gasteiger partial charge in [-0.1, -0.05) is 13.3 Å². The van der Waals surface area contributed by atoms with E-state index in [0.717, 1.165) is 31.5 Å². The zero-order valence-electron chi connectivity index (χ0n) is 14.2. The van der Waals surface area contributed by atoms with Gasteiger partial charge in [0.25, 0.3) is 0 Å². The second-order valence-electron chi connectivity index (χ2n) is 6.01. The molecule has 126 valence electrons. The van der Waals surface area contributed by atoms with Gasteiger partial charge in [-0.2, -0.15) is 0 Å². The molecule has 1 saturated heterocycles. The van der Waals surface area contributed by atoms with Crippen molar-refractivity contribution < 1.29 is 9.53 Å². The number of guanidine groups is 1. The van der Waals surface area contributed by atoms with Gasteiger partial charge >= 0.3 is 6.09 Å². The Bertz CT molecular complexity index is 392. The van der Waals surface area contributed by atoms with Gasteiger partial charge in [0.15, 0.2) is 5.96 Å². The minimum atomic E-state index is -0.200. The van der Waals surface area contributed by atoms with Gasteiger partial charge in [-0.15, -0.1) is 0 Å². The van der Waals surface area contributed by atoms with Crippen molar-refractivity contribution >= 4 is 12.1 Å². The van der Waals surface area contributed by atoms with E-state index in [9.17, 15) is 4.79 Å². The van der Waals surface area contributed by atoms with Gasteiger partial charge in [-0.05, 0) is 32.6 Å². The van der Waals surface area contributed by atoms with Gasteiger partial charge < -0.3 is 19.9 Å². The highest BCUT2D eigenvalue weighted by Gasteiger charge is 2.37. The lowest BCUT2D eigenvalue weighted by Gasteiger charge is -2.36. The summed E-state index contributed by atoms with van der Waals surface area (Å²) >= 11 is 0. The minimum absolute atomic E-state index is 0.200. The van der Waals surface area contributed by atoms with E-state index in [4.69, 9.17) is 4.74 Å². The predicted molar refractivity (Wildman–Crippen MR) is 88.1 cm³/mol. The van der Waals surface area contributed by atoms with Crippen LogP contribution in [0.4, 0.5) is 4.79 Å². The first-order valence-corrected chi connectivity index (χ1v) is 8.67. The number of aliphatic imine (C=N–C) groups is 1. The van der Waals surface area contributed by atoms with E-state index in [1.807, 2.05) is 6.92 Å². The SMILES string of the molecule is CCCC1CC1NC(=NCC)N1CCN(C(=O)OCC)CC1. The van der Waals surface area contributed by atoms with Gasteiger partial charge in [-0.25, -0.2) is 4.79 Å². The van der Waals surface area contributed by atoms with Gasteiger partial charge in [-0.3, -0.25) is 4.99 Å². The maximum absolute atomic E-state index is 11.7. The highest BCUT2D eigenvalue weighted by Crippen LogP contribution is 2.34. The van der Waals surface area contributed by atoms with Crippen molar-refractivity contribution in [3.8, 4) is 0 Å². The van der Waals surface area contributed by atoms with Gasteiger partial charge in [0.2, 0.25) is 0 Å². The summed E-state index contributed by atoms with van der Waals surface area (Å²) in [5, 5.41) is 3.61. The maximum Gasteiger partial charge on any atom is 0.409 e. The molecule has 0 radical (unpaired) electrons. The molecule has 0 aromatic heterocycles. The summed E-state index contributed by atoms with van der Waals surface area (Å²) in [7, 11) is 0. The van der Waals surface area contributed by atoms with E-state index in [1.165, 1.54) is 19.3 Å². The van der Waals surface area contributed by atoms with Crippen molar-refractivity contribution in [3.63, 3.8) is 0 Å². The standard InChI is InChI=1S/C16H30N4O2/c1-4-7-13-12-14(13)18-15(17-5-2)19-8-10-20(11-9-19)16(21)22-6-3/h13-14H,4-12H2,1-3H3,(H,17,18). The van der Waals surface area contributed by atoms with Gasteiger partial charge in [0.05, 0.1) is 6.61 Å². The van der Waals surface area contributed by atoms with Crippen LogP contribution in [0.5, 0.6) is 0 Å². The van der Waals surface area contributed by atoms with Crippen LogP contribution in [0.25, 0.3) is 0 Å². The summed E-state index contributed by atoms with van der Waals surface area (Å²) < 4.78 is 5.06. The second kappa shape index (κ2) is 8.25. The summed E-state index contributed by atoms with van der Waals surface area (Å²) in [6.07, 6.45) is 3.61. The van der Waals surface area contributed by atoms with E-state index in [2.05, 4.69) is 29.1 Å². The van der Waals surface area contributed by atoms with Crippen LogP contribution in [0.2, 0.25) is 0 Å². The Kier molecular flexibility index (Phi) is 6.34. The molecule has 2 aliphatic rings. The Morgan fingerprint density at radius 3 is 2.45 bits per heavy atom. The highest BCUT2D eigenvalue weighted by molar-refractivity contribution is 5.81. The fourth-order valence-electron chi connectivity index (χ4n) is 2.98. The Hall–Kier alpha value is -1.46. The molecule has 2 unspecified atom stereocenters. The lowest BCUT2D eigenvalue weighted by molar-refractivity contribution is 0.0914. The van der Waals surface area contributed by atoms with E-state index < -0.39 is 0 Å². The summed E-state index contributed by atoms with van der Waals surface area (Å²) in [6.45, 7) is 10.4. The number of amides is 1. The molecule has 1 aliphatic carbocycles. The number of nitrogens with one attached hydrogen (secondary N) is 1. The molecule has 0 spiro atoms. The molecule has 2 fully saturated rings. The van der Waals surface area contributed by atoms with Crippen molar-refractivity contribution in [1.29, 1.82) is 0 Å². The molecule has 2 atom stereocenters. The third-order valence-electron chi connectivity index (χ3n) is 4.31. The number of carbonyl (C=O) groups excluding carboxylic acids is 1. The lowest BCUT2D eigenvalue weighted by Crippen LogP contribution is -2.54. The topological polar surface area (TPSA) is 57.2 Å². The molecule has 6 nitrogen and oxygen atoms in total. The molecule has 6 heteroatoms. The van der Waals surface area contributed by atoms with Crippen LogP contribution in [0, 0.1) is 5.92 Å². The van der Waals surface area contributed by atoms with Gasteiger partial charge in [0.1, 0.15) is 0 Å². The predicted octanol–water partition coefficient (Wildman–Crippen LogP) is 1.91.